The van der Waals surface area contributed by atoms with E-state index in [1.54, 1.807) is 12.1 Å². The second kappa shape index (κ2) is 6.12. The molecule has 2 rings (SSSR count). The molecule has 0 amide bonds. The van der Waals surface area contributed by atoms with Gasteiger partial charge in [-0.05, 0) is 46.3 Å². The predicted molar refractivity (Wildman–Crippen MR) is 85.7 cm³/mol. The molecule has 0 bridgehead atoms. The summed E-state index contributed by atoms with van der Waals surface area (Å²) >= 11 is 6.34. The number of benzene rings is 2. The van der Waals surface area contributed by atoms with Crippen molar-refractivity contribution < 1.29 is 13.3 Å². The number of rotatable bonds is 4. The third kappa shape index (κ3) is 3.80. The topological polar surface area (TPSA) is 89.3 Å². The van der Waals surface area contributed by atoms with Gasteiger partial charge in [0.15, 0.2) is 0 Å². The van der Waals surface area contributed by atoms with Crippen molar-refractivity contribution in [1.29, 1.82) is 0 Å². The molecule has 0 aliphatic heterocycles. The van der Waals surface area contributed by atoms with E-state index in [-0.39, 0.29) is 20.7 Å². The van der Waals surface area contributed by atoms with Crippen LogP contribution < -0.4 is 4.72 Å². The molecule has 0 saturated heterocycles. The zero-order valence-electron chi connectivity index (χ0n) is 10.3. The summed E-state index contributed by atoms with van der Waals surface area (Å²) in [6, 6.07) is 9.92. The maximum Gasteiger partial charge on any atom is 0.270 e. The van der Waals surface area contributed by atoms with Crippen molar-refractivity contribution in [3.63, 3.8) is 0 Å². The zero-order valence-corrected chi connectivity index (χ0v) is 14.3. The van der Waals surface area contributed by atoms with E-state index in [2.05, 4.69) is 36.6 Å². The molecular weight excluding hydrogens is 428 g/mol. The number of hydrogen-bond acceptors (Lipinski definition) is 4. The molecule has 2 aromatic carbocycles. The van der Waals surface area contributed by atoms with Gasteiger partial charge >= 0.3 is 0 Å². The van der Waals surface area contributed by atoms with E-state index in [0.29, 0.717) is 0 Å². The molecule has 0 aromatic heterocycles. The van der Waals surface area contributed by atoms with Gasteiger partial charge in [-0.1, -0.05) is 15.9 Å². The molecule has 0 spiro atoms. The van der Waals surface area contributed by atoms with Gasteiger partial charge in [0, 0.05) is 21.1 Å². The monoisotopic (exact) mass is 434 g/mol. The smallest absolute Gasteiger partial charge is 0.270 e. The zero-order chi connectivity index (χ0) is 15.6. The SMILES string of the molecule is O=[N+]([O-])c1ccc(NS(=O)(=O)c2ccc(Br)cc2)c(Br)c1. The molecule has 1 N–H and O–H groups in total. The predicted octanol–water partition coefficient (Wildman–Crippen LogP) is 3.92. The molecule has 0 atom stereocenters. The number of sulfonamides is 1. The first kappa shape index (κ1) is 15.9. The lowest BCUT2D eigenvalue weighted by atomic mass is 10.3. The standard InChI is InChI=1S/C12H8Br2N2O4S/c13-8-1-4-10(5-2-8)21(19,20)15-12-6-3-9(16(17)18)7-11(12)14/h1-7,15H. The number of nitro benzene ring substituents is 1. The maximum atomic E-state index is 12.2. The summed E-state index contributed by atoms with van der Waals surface area (Å²) in [4.78, 5) is 10.2. The van der Waals surface area contributed by atoms with Gasteiger partial charge in [-0.15, -0.1) is 0 Å². The molecule has 0 fully saturated rings. The molecular formula is C12H8Br2N2O4S. The average Bonchev–Trinajstić information content (AvgIpc) is 2.41. The second-order valence-corrected chi connectivity index (χ2v) is 7.43. The lowest BCUT2D eigenvalue weighted by Crippen LogP contribution is -2.13. The molecule has 9 heteroatoms. The molecule has 0 heterocycles. The normalized spacial score (nSPS) is 11.1. The van der Waals surface area contributed by atoms with Crippen molar-refractivity contribution in [2.75, 3.05) is 4.72 Å². The summed E-state index contributed by atoms with van der Waals surface area (Å²) in [6.07, 6.45) is 0. The van der Waals surface area contributed by atoms with Gasteiger partial charge in [0.2, 0.25) is 0 Å². The fourth-order valence-corrected chi connectivity index (χ4v) is 3.46. The van der Waals surface area contributed by atoms with Crippen molar-refractivity contribution in [3.8, 4) is 0 Å². The molecule has 0 radical (unpaired) electrons. The Morgan fingerprint density at radius 3 is 2.19 bits per heavy atom. The molecule has 0 aliphatic rings. The van der Waals surface area contributed by atoms with Crippen LogP contribution in [0.1, 0.15) is 0 Å². The second-order valence-electron chi connectivity index (χ2n) is 3.98. The van der Waals surface area contributed by atoms with Crippen LogP contribution >= 0.6 is 31.9 Å². The first-order valence-corrected chi connectivity index (χ1v) is 8.59. The van der Waals surface area contributed by atoms with E-state index >= 15 is 0 Å². The van der Waals surface area contributed by atoms with Crippen molar-refractivity contribution in [2.45, 2.75) is 4.90 Å². The lowest BCUT2D eigenvalue weighted by molar-refractivity contribution is -0.384. The number of halogens is 2. The van der Waals surface area contributed by atoms with Crippen LogP contribution in [-0.4, -0.2) is 13.3 Å². The molecule has 2 aromatic rings. The van der Waals surface area contributed by atoms with Crippen molar-refractivity contribution in [2.24, 2.45) is 0 Å². The van der Waals surface area contributed by atoms with Crippen LogP contribution in [0.2, 0.25) is 0 Å². The fourth-order valence-electron chi connectivity index (χ4n) is 1.52. The Kier molecular flexibility index (Phi) is 4.64. The van der Waals surface area contributed by atoms with E-state index in [4.69, 9.17) is 0 Å². The van der Waals surface area contributed by atoms with Crippen LogP contribution in [0.3, 0.4) is 0 Å². The summed E-state index contributed by atoms with van der Waals surface area (Å²) in [5, 5.41) is 10.6. The van der Waals surface area contributed by atoms with E-state index in [1.807, 2.05) is 0 Å². The minimum atomic E-state index is -3.76. The number of nitro groups is 1. The Labute approximate surface area is 137 Å². The highest BCUT2D eigenvalue weighted by molar-refractivity contribution is 9.10. The van der Waals surface area contributed by atoms with E-state index in [9.17, 15) is 18.5 Å². The number of nitrogens with one attached hydrogen (secondary N) is 1. The molecule has 0 aliphatic carbocycles. The van der Waals surface area contributed by atoms with Gasteiger partial charge in [0.1, 0.15) is 0 Å². The minimum absolute atomic E-state index is 0.0935. The summed E-state index contributed by atoms with van der Waals surface area (Å²) in [5.74, 6) is 0. The fraction of sp³-hybridized carbons (Fsp3) is 0. The van der Waals surface area contributed by atoms with E-state index < -0.39 is 14.9 Å². The third-order valence-corrected chi connectivity index (χ3v) is 5.10. The molecule has 6 nitrogen and oxygen atoms in total. The summed E-state index contributed by atoms with van der Waals surface area (Å²) in [7, 11) is -3.76. The van der Waals surface area contributed by atoms with Gasteiger partial charge < -0.3 is 0 Å². The first-order chi connectivity index (χ1) is 9.79. The van der Waals surface area contributed by atoms with Crippen LogP contribution in [0.5, 0.6) is 0 Å². The first-order valence-electron chi connectivity index (χ1n) is 5.52. The largest absolute Gasteiger partial charge is 0.278 e. The third-order valence-electron chi connectivity index (χ3n) is 2.53. The molecule has 0 unspecified atom stereocenters. The van der Waals surface area contributed by atoms with E-state index in [0.717, 1.165) is 4.47 Å². The number of nitrogens with zero attached hydrogens (tertiary/aromatic N) is 1. The summed E-state index contributed by atoms with van der Waals surface area (Å²) in [5.41, 5.74) is 0.0944. The number of hydrogen-bond donors (Lipinski definition) is 1. The van der Waals surface area contributed by atoms with Crippen molar-refractivity contribution in [3.05, 3.63) is 61.5 Å². The van der Waals surface area contributed by atoms with Crippen LogP contribution in [0.15, 0.2) is 56.3 Å². The Morgan fingerprint density at radius 2 is 1.67 bits per heavy atom. The Balaban J connectivity index is 2.32. The van der Waals surface area contributed by atoms with E-state index in [1.165, 1.54) is 30.3 Å². The highest BCUT2D eigenvalue weighted by Gasteiger charge is 2.17. The van der Waals surface area contributed by atoms with Gasteiger partial charge in [0.05, 0.1) is 15.5 Å². The molecule has 21 heavy (non-hydrogen) atoms. The minimum Gasteiger partial charge on any atom is -0.278 e. The lowest BCUT2D eigenvalue weighted by Gasteiger charge is -2.09. The molecule has 110 valence electrons. The van der Waals surface area contributed by atoms with Gasteiger partial charge in [0.25, 0.3) is 15.7 Å². The van der Waals surface area contributed by atoms with Gasteiger partial charge in [-0.25, -0.2) is 8.42 Å². The number of anilines is 1. The van der Waals surface area contributed by atoms with Crippen LogP contribution in [0.25, 0.3) is 0 Å². The van der Waals surface area contributed by atoms with Crippen molar-refractivity contribution in [1.82, 2.24) is 0 Å². The Hall–Kier alpha value is -1.45. The Bertz CT molecular complexity index is 791. The van der Waals surface area contributed by atoms with Gasteiger partial charge in [-0.3, -0.25) is 14.8 Å². The maximum absolute atomic E-state index is 12.2. The Morgan fingerprint density at radius 1 is 1.05 bits per heavy atom. The quantitative estimate of drug-likeness (QED) is 0.582. The summed E-state index contributed by atoms with van der Waals surface area (Å²) in [6.45, 7) is 0. The summed E-state index contributed by atoms with van der Waals surface area (Å²) < 4.78 is 27.8. The highest BCUT2D eigenvalue weighted by Crippen LogP contribution is 2.29. The average molecular weight is 436 g/mol. The van der Waals surface area contributed by atoms with Crippen LogP contribution in [-0.2, 0) is 10.0 Å². The van der Waals surface area contributed by atoms with Gasteiger partial charge in [-0.2, -0.15) is 0 Å². The van der Waals surface area contributed by atoms with Crippen molar-refractivity contribution >= 4 is 53.3 Å². The number of non-ortho nitro benzene ring substituents is 1. The molecule has 0 saturated carbocycles. The highest BCUT2D eigenvalue weighted by atomic mass is 79.9. The van der Waals surface area contributed by atoms with Crippen LogP contribution in [0.4, 0.5) is 11.4 Å². The van der Waals surface area contributed by atoms with Crippen LogP contribution in [0, 0.1) is 10.1 Å².